The molecule has 1 aliphatic rings. The zero-order valence-electron chi connectivity index (χ0n) is 17.7. The molecule has 0 spiro atoms. The number of carboxylic acid groups (broad SMARTS) is 1. The number of hydrogen-bond donors (Lipinski definition) is 2. The predicted molar refractivity (Wildman–Crippen MR) is 119 cm³/mol. The molecule has 3 aromatic rings. The smallest absolute Gasteiger partial charge is 0.407 e. The molecule has 8 nitrogen and oxygen atoms in total. The van der Waals surface area contributed by atoms with Gasteiger partial charge in [-0.25, -0.2) is 9.59 Å². The van der Waals surface area contributed by atoms with Gasteiger partial charge < -0.3 is 29.4 Å². The fourth-order valence-corrected chi connectivity index (χ4v) is 3.38. The number of amides is 1. The molecule has 1 aliphatic heterocycles. The van der Waals surface area contributed by atoms with Crippen LogP contribution in [0.15, 0.2) is 72.8 Å². The highest BCUT2D eigenvalue weighted by Gasteiger charge is 2.23. The third-order valence-electron chi connectivity index (χ3n) is 5.00. The van der Waals surface area contributed by atoms with Crippen LogP contribution in [-0.2, 0) is 17.8 Å². The van der Waals surface area contributed by atoms with E-state index < -0.39 is 18.1 Å². The van der Waals surface area contributed by atoms with E-state index in [1.807, 2.05) is 60.7 Å². The van der Waals surface area contributed by atoms with Crippen LogP contribution in [0.3, 0.4) is 0 Å². The van der Waals surface area contributed by atoms with Crippen molar-refractivity contribution in [1.82, 2.24) is 5.32 Å². The van der Waals surface area contributed by atoms with Crippen LogP contribution >= 0.6 is 0 Å². The van der Waals surface area contributed by atoms with Crippen LogP contribution in [0.2, 0.25) is 0 Å². The molecule has 33 heavy (non-hydrogen) atoms. The number of nitrogens with one attached hydrogen (secondary N) is 1. The molecule has 0 aromatic heterocycles. The second-order valence-corrected chi connectivity index (χ2v) is 7.41. The van der Waals surface area contributed by atoms with Gasteiger partial charge in [0.25, 0.3) is 0 Å². The Kier molecular flexibility index (Phi) is 6.94. The van der Waals surface area contributed by atoms with Gasteiger partial charge in [-0.3, -0.25) is 0 Å². The van der Waals surface area contributed by atoms with Crippen molar-refractivity contribution in [3.63, 3.8) is 0 Å². The number of alkyl carbamates (subject to hydrolysis) is 1. The van der Waals surface area contributed by atoms with Crippen LogP contribution < -0.4 is 19.5 Å². The number of rotatable bonds is 9. The molecule has 1 amide bonds. The first-order valence-electron chi connectivity index (χ1n) is 10.4. The molecule has 4 rings (SSSR count). The Morgan fingerprint density at radius 2 is 1.58 bits per heavy atom. The Labute approximate surface area is 190 Å². The van der Waals surface area contributed by atoms with E-state index >= 15 is 0 Å². The topological polar surface area (TPSA) is 103 Å². The first-order chi connectivity index (χ1) is 16.1. The van der Waals surface area contributed by atoms with E-state index in [0.717, 1.165) is 11.1 Å². The third kappa shape index (κ3) is 5.94. The maximum Gasteiger partial charge on any atom is 0.407 e. The highest BCUT2D eigenvalue weighted by molar-refractivity contribution is 5.92. The average Bonchev–Trinajstić information content (AvgIpc) is 3.29. The van der Waals surface area contributed by atoms with Gasteiger partial charge in [-0.1, -0.05) is 60.7 Å². The molecule has 0 fully saturated rings. The fourth-order valence-electron chi connectivity index (χ4n) is 3.38. The molecule has 8 heteroatoms. The van der Waals surface area contributed by atoms with E-state index in [2.05, 4.69) is 5.32 Å². The van der Waals surface area contributed by atoms with Crippen LogP contribution in [0, 0.1) is 0 Å². The van der Waals surface area contributed by atoms with E-state index in [9.17, 15) is 14.7 Å². The molecule has 1 unspecified atom stereocenters. The summed E-state index contributed by atoms with van der Waals surface area (Å²) in [5.74, 6) is -0.268. The molecule has 1 atom stereocenters. The average molecular weight is 449 g/mol. The molecule has 2 N–H and O–H groups in total. The Hall–Kier alpha value is -4.20. The number of carbonyl (C=O) groups is 2. The van der Waals surface area contributed by atoms with Crippen molar-refractivity contribution >= 4 is 12.1 Å². The molecule has 3 aromatic carbocycles. The summed E-state index contributed by atoms with van der Waals surface area (Å²) in [6.45, 7) is 0.176. The van der Waals surface area contributed by atoms with Gasteiger partial charge in [-0.05, 0) is 17.5 Å². The Morgan fingerprint density at radius 1 is 0.939 bits per heavy atom. The first kappa shape index (κ1) is 22.0. The van der Waals surface area contributed by atoms with Crippen LogP contribution in [0.25, 0.3) is 0 Å². The zero-order valence-corrected chi connectivity index (χ0v) is 17.7. The Bertz CT molecular complexity index is 1100. The van der Waals surface area contributed by atoms with Crippen LogP contribution in [0.1, 0.15) is 21.5 Å². The maximum absolute atomic E-state index is 12.4. The molecule has 0 radical (unpaired) electrons. The third-order valence-corrected chi connectivity index (χ3v) is 5.00. The van der Waals surface area contributed by atoms with Gasteiger partial charge in [0.2, 0.25) is 6.79 Å². The fraction of sp³-hybridized carbons (Fsp3) is 0.200. The Morgan fingerprint density at radius 3 is 2.24 bits per heavy atom. The molecule has 0 bridgehead atoms. The minimum Gasteiger partial charge on any atom is -0.490 e. The molecule has 0 aliphatic carbocycles. The quantitative estimate of drug-likeness (QED) is 0.508. The summed E-state index contributed by atoms with van der Waals surface area (Å²) in [5, 5.41) is 12.4. The number of aromatic carboxylic acids is 1. The number of fused-ring (bicyclic) bond motifs is 1. The lowest BCUT2D eigenvalue weighted by atomic mass is 10.1. The van der Waals surface area contributed by atoms with E-state index in [0.29, 0.717) is 17.9 Å². The molecular formula is C25H23NO7. The lowest BCUT2D eigenvalue weighted by Crippen LogP contribution is -2.41. The SMILES string of the molecule is O=C(NC(COc1cc2c(cc1C(=O)O)OCO2)Cc1ccccc1)OCc1ccccc1. The van der Waals surface area contributed by atoms with Crippen molar-refractivity contribution in [2.24, 2.45) is 0 Å². The van der Waals surface area contributed by atoms with Gasteiger partial charge in [0.15, 0.2) is 11.5 Å². The van der Waals surface area contributed by atoms with Gasteiger partial charge in [0.1, 0.15) is 24.5 Å². The van der Waals surface area contributed by atoms with Crippen molar-refractivity contribution in [3.05, 3.63) is 89.5 Å². The van der Waals surface area contributed by atoms with Crippen molar-refractivity contribution in [2.75, 3.05) is 13.4 Å². The lowest BCUT2D eigenvalue weighted by molar-refractivity contribution is 0.0690. The minimum absolute atomic E-state index is 0.0172. The van der Waals surface area contributed by atoms with Gasteiger partial charge in [0.05, 0.1) is 6.04 Å². The standard InChI is InChI=1S/C25H23NO7/c27-24(28)20-12-22-23(33-16-32-22)13-21(20)30-15-19(11-17-7-3-1-4-8-17)26-25(29)31-14-18-9-5-2-6-10-18/h1-10,12-13,19H,11,14-16H2,(H,26,29)(H,27,28). The highest BCUT2D eigenvalue weighted by Crippen LogP contribution is 2.38. The van der Waals surface area contributed by atoms with E-state index in [-0.39, 0.29) is 31.3 Å². The number of carboxylic acids is 1. The normalized spacial score (nSPS) is 12.6. The van der Waals surface area contributed by atoms with Gasteiger partial charge >= 0.3 is 12.1 Å². The summed E-state index contributed by atoms with van der Waals surface area (Å²) in [6.07, 6.45) is -0.124. The highest BCUT2D eigenvalue weighted by atomic mass is 16.7. The molecule has 0 saturated carbocycles. The largest absolute Gasteiger partial charge is 0.490 e. The monoisotopic (exact) mass is 449 g/mol. The number of carbonyl (C=O) groups excluding carboxylic acids is 1. The number of hydrogen-bond acceptors (Lipinski definition) is 6. The summed E-state index contributed by atoms with van der Waals surface area (Å²) in [7, 11) is 0. The first-order valence-corrected chi connectivity index (χ1v) is 10.4. The molecule has 1 heterocycles. The van der Waals surface area contributed by atoms with Crippen molar-refractivity contribution in [2.45, 2.75) is 19.1 Å². The van der Waals surface area contributed by atoms with E-state index in [1.54, 1.807) is 0 Å². The summed E-state index contributed by atoms with van der Waals surface area (Å²) in [6, 6.07) is 21.3. The maximum atomic E-state index is 12.4. The van der Waals surface area contributed by atoms with Crippen LogP contribution in [-0.4, -0.2) is 36.6 Å². The van der Waals surface area contributed by atoms with E-state index in [1.165, 1.54) is 12.1 Å². The summed E-state index contributed by atoms with van der Waals surface area (Å²) in [4.78, 5) is 24.1. The molecular weight excluding hydrogens is 426 g/mol. The van der Waals surface area contributed by atoms with Crippen LogP contribution in [0.4, 0.5) is 4.79 Å². The second kappa shape index (κ2) is 10.4. The molecule has 0 saturated heterocycles. The number of benzene rings is 3. The summed E-state index contributed by atoms with van der Waals surface area (Å²) in [5.41, 5.74) is 1.80. The molecule has 170 valence electrons. The van der Waals surface area contributed by atoms with Crippen LogP contribution in [0.5, 0.6) is 17.2 Å². The van der Waals surface area contributed by atoms with Gasteiger partial charge in [-0.15, -0.1) is 0 Å². The summed E-state index contributed by atoms with van der Waals surface area (Å²) < 4.78 is 21.7. The Balaban J connectivity index is 1.45. The van der Waals surface area contributed by atoms with Crippen molar-refractivity contribution < 1.29 is 33.6 Å². The zero-order chi connectivity index (χ0) is 23.0. The predicted octanol–water partition coefficient (Wildman–Crippen LogP) is 4.03. The van der Waals surface area contributed by atoms with E-state index in [4.69, 9.17) is 18.9 Å². The van der Waals surface area contributed by atoms with Crippen molar-refractivity contribution in [1.29, 1.82) is 0 Å². The van der Waals surface area contributed by atoms with Crippen molar-refractivity contribution in [3.8, 4) is 17.2 Å². The summed E-state index contributed by atoms with van der Waals surface area (Å²) >= 11 is 0. The second-order valence-electron chi connectivity index (χ2n) is 7.41. The minimum atomic E-state index is -1.15. The van der Waals surface area contributed by atoms with Gasteiger partial charge in [-0.2, -0.15) is 0 Å². The number of ether oxygens (including phenoxy) is 4. The van der Waals surface area contributed by atoms with Gasteiger partial charge in [0, 0.05) is 12.1 Å². The lowest BCUT2D eigenvalue weighted by Gasteiger charge is -2.20.